The Balaban J connectivity index is 1.79. The quantitative estimate of drug-likeness (QED) is 0.496. The van der Waals surface area contributed by atoms with E-state index < -0.39 is 0 Å². The molecule has 0 bridgehead atoms. The molecule has 3 aromatic rings. The standard InChI is InChI=1S/C19H17ClN2OS2/c1-13-6-5-7-16(10-13)22(14(2)23)19-21-15(12-25-19)11-24-18-9-4-3-8-17(18)20/h3-10,12H,11H2,1-2H3. The monoisotopic (exact) mass is 388 g/mol. The summed E-state index contributed by atoms with van der Waals surface area (Å²) >= 11 is 9.31. The highest BCUT2D eigenvalue weighted by Gasteiger charge is 2.18. The largest absolute Gasteiger partial charge is 0.274 e. The zero-order valence-electron chi connectivity index (χ0n) is 13.9. The molecule has 0 fully saturated rings. The average molecular weight is 389 g/mol. The molecule has 25 heavy (non-hydrogen) atoms. The van der Waals surface area contributed by atoms with Gasteiger partial charge in [-0.1, -0.05) is 35.9 Å². The van der Waals surface area contributed by atoms with Crippen LogP contribution in [-0.4, -0.2) is 10.9 Å². The fourth-order valence-corrected chi connectivity index (χ4v) is 4.50. The van der Waals surface area contributed by atoms with Crippen molar-refractivity contribution in [3.8, 4) is 0 Å². The first-order chi connectivity index (χ1) is 12.0. The number of carbonyl (C=O) groups excluding carboxylic acids is 1. The van der Waals surface area contributed by atoms with Crippen molar-refractivity contribution >= 4 is 51.4 Å². The van der Waals surface area contributed by atoms with Gasteiger partial charge in [0.2, 0.25) is 5.91 Å². The predicted molar refractivity (Wildman–Crippen MR) is 107 cm³/mol. The Labute approximate surface area is 160 Å². The zero-order chi connectivity index (χ0) is 17.8. The van der Waals surface area contributed by atoms with Crippen LogP contribution in [0.5, 0.6) is 0 Å². The van der Waals surface area contributed by atoms with Crippen molar-refractivity contribution in [1.82, 2.24) is 4.98 Å². The molecule has 0 saturated heterocycles. The molecule has 0 aliphatic rings. The van der Waals surface area contributed by atoms with Crippen molar-refractivity contribution in [3.63, 3.8) is 0 Å². The second kappa shape index (κ2) is 8.04. The van der Waals surface area contributed by atoms with Crippen LogP contribution in [0.1, 0.15) is 18.2 Å². The smallest absolute Gasteiger partial charge is 0.230 e. The molecule has 1 heterocycles. The Morgan fingerprint density at radius 1 is 1.24 bits per heavy atom. The fraction of sp³-hybridized carbons (Fsp3) is 0.158. The normalized spacial score (nSPS) is 10.7. The molecule has 0 N–H and O–H groups in total. The number of rotatable bonds is 5. The lowest BCUT2D eigenvalue weighted by Crippen LogP contribution is -2.22. The number of amides is 1. The van der Waals surface area contributed by atoms with Gasteiger partial charge in [0.1, 0.15) is 0 Å². The number of carbonyl (C=O) groups is 1. The molecule has 0 aliphatic carbocycles. The van der Waals surface area contributed by atoms with Gasteiger partial charge >= 0.3 is 0 Å². The van der Waals surface area contributed by atoms with Crippen LogP contribution in [0.25, 0.3) is 0 Å². The maximum absolute atomic E-state index is 12.2. The number of halogens is 1. The molecule has 3 rings (SSSR count). The summed E-state index contributed by atoms with van der Waals surface area (Å²) in [4.78, 5) is 19.5. The maximum atomic E-state index is 12.2. The van der Waals surface area contributed by atoms with Crippen molar-refractivity contribution in [2.75, 3.05) is 4.90 Å². The first-order valence-electron chi connectivity index (χ1n) is 7.73. The molecular weight excluding hydrogens is 372 g/mol. The molecule has 0 spiro atoms. The van der Waals surface area contributed by atoms with Gasteiger partial charge in [-0.3, -0.25) is 9.69 Å². The summed E-state index contributed by atoms with van der Waals surface area (Å²) in [7, 11) is 0. The van der Waals surface area contributed by atoms with Crippen LogP contribution < -0.4 is 4.90 Å². The van der Waals surface area contributed by atoms with Gasteiger partial charge < -0.3 is 0 Å². The second-order valence-electron chi connectivity index (χ2n) is 5.53. The van der Waals surface area contributed by atoms with Gasteiger partial charge in [-0.15, -0.1) is 23.1 Å². The second-order valence-corrected chi connectivity index (χ2v) is 7.79. The molecule has 0 radical (unpaired) electrons. The third kappa shape index (κ3) is 4.42. The zero-order valence-corrected chi connectivity index (χ0v) is 16.3. The average Bonchev–Trinajstić information content (AvgIpc) is 3.02. The Morgan fingerprint density at radius 2 is 2.04 bits per heavy atom. The van der Waals surface area contributed by atoms with Crippen LogP contribution in [-0.2, 0) is 10.5 Å². The van der Waals surface area contributed by atoms with E-state index in [0.717, 1.165) is 26.9 Å². The van der Waals surface area contributed by atoms with E-state index >= 15 is 0 Å². The summed E-state index contributed by atoms with van der Waals surface area (Å²) in [6, 6.07) is 15.6. The first kappa shape index (κ1) is 18.0. The molecule has 128 valence electrons. The van der Waals surface area contributed by atoms with E-state index in [-0.39, 0.29) is 5.91 Å². The number of thiazole rings is 1. The summed E-state index contributed by atoms with van der Waals surface area (Å²) in [5.74, 6) is 0.657. The summed E-state index contributed by atoms with van der Waals surface area (Å²) < 4.78 is 0. The maximum Gasteiger partial charge on any atom is 0.230 e. The van der Waals surface area contributed by atoms with Crippen molar-refractivity contribution < 1.29 is 4.79 Å². The van der Waals surface area contributed by atoms with E-state index in [1.165, 1.54) is 11.3 Å². The highest BCUT2D eigenvalue weighted by Crippen LogP contribution is 2.33. The van der Waals surface area contributed by atoms with E-state index in [2.05, 4.69) is 4.98 Å². The molecule has 6 heteroatoms. The number of hydrogen-bond donors (Lipinski definition) is 0. The van der Waals surface area contributed by atoms with Gasteiger partial charge in [0.25, 0.3) is 0 Å². The predicted octanol–water partition coefficient (Wildman–Crippen LogP) is 6.08. The molecule has 0 unspecified atom stereocenters. The van der Waals surface area contributed by atoms with Gasteiger partial charge in [0.15, 0.2) is 5.13 Å². The minimum Gasteiger partial charge on any atom is -0.274 e. The summed E-state index contributed by atoms with van der Waals surface area (Å²) in [5.41, 5.74) is 2.88. The fourth-order valence-electron chi connectivity index (χ4n) is 2.37. The Bertz CT molecular complexity index is 894. The Hall–Kier alpha value is -1.82. The van der Waals surface area contributed by atoms with E-state index in [1.54, 1.807) is 23.6 Å². The number of benzene rings is 2. The Kier molecular flexibility index (Phi) is 5.78. The summed E-state index contributed by atoms with van der Waals surface area (Å²) in [5, 5.41) is 3.42. The molecule has 0 saturated carbocycles. The van der Waals surface area contributed by atoms with E-state index in [4.69, 9.17) is 11.6 Å². The van der Waals surface area contributed by atoms with Crippen LogP contribution in [0.4, 0.5) is 10.8 Å². The lowest BCUT2D eigenvalue weighted by molar-refractivity contribution is -0.115. The van der Waals surface area contributed by atoms with Gasteiger partial charge in [-0.25, -0.2) is 4.98 Å². The summed E-state index contributed by atoms with van der Waals surface area (Å²) in [6.07, 6.45) is 0. The number of nitrogens with zero attached hydrogens (tertiary/aromatic N) is 2. The molecule has 1 amide bonds. The number of thioether (sulfide) groups is 1. The molecule has 2 aromatic carbocycles. The number of hydrogen-bond acceptors (Lipinski definition) is 4. The van der Waals surface area contributed by atoms with Crippen molar-refractivity contribution in [2.24, 2.45) is 0 Å². The van der Waals surface area contributed by atoms with Crippen LogP contribution >= 0.6 is 34.7 Å². The van der Waals surface area contributed by atoms with Gasteiger partial charge in [-0.05, 0) is 36.8 Å². The van der Waals surface area contributed by atoms with Crippen LogP contribution in [0.2, 0.25) is 5.02 Å². The van der Waals surface area contributed by atoms with Gasteiger partial charge in [0.05, 0.1) is 16.4 Å². The minimum atomic E-state index is -0.0507. The molecular formula is C19H17ClN2OS2. The lowest BCUT2D eigenvalue weighted by atomic mass is 10.2. The molecule has 1 aromatic heterocycles. The van der Waals surface area contributed by atoms with Crippen molar-refractivity contribution in [3.05, 3.63) is 70.2 Å². The first-order valence-corrected chi connectivity index (χ1v) is 9.98. The van der Waals surface area contributed by atoms with Gasteiger partial charge in [0, 0.05) is 23.0 Å². The lowest BCUT2D eigenvalue weighted by Gasteiger charge is -2.18. The highest BCUT2D eigenvalue weighted by molar-refractivity contribution is 7.98. The third-order valence-electron chi connectivity index (χ3n) is 3.52. The van der Waals surface area contributed by atoms with E-state index in [1.807, 2.05) is 60.8 Å². The third-order valence-corrected chi connectivity index (χ3v) is 5.94. The van der Waals surface area contributed by atoms with Gasteiger partial charge in [-0.2, -0.15) is 0 Å². The van der Waals surface area contributed by atoms with Crippen LogP contribution in [0.15, 0.2) is 58.8 Å². The Morgan fingerprint density at radius 3 is 2.76 bits per heavy atom. The van der Waals surface area contributed by atoms with Crippen LogP contribution in [0, 0.1) is 6.92 Å². The number of aryl methyl sites for hydroxylation is 1. The molecule has 3 nitrogen and oxygen atoms in total. The number of anilines is 2. The number of aromatic nitrogens is 1. The minimum absolute atomic E-state index is 0.0507. The topological polar surface area (TPSA) is 33.2 Å². The molecule has 0 aliphatic heterocycles. The SMILES string of the molecule is CC(=O)N(c1cccc(C)c1)c1nc(CSc2ccccc2Cl)cs1. The van der Waals surface area contributed by atoms with Crippen molar-refractivity contribution in [2.45, 2.75) is 24.5 Å². The summed E-state index contributed by atoms with van der Waals surface area (Å²) in [6.45, 7) is 3.57. The van der Waals surface area contributed by atoms with E-state index in [9.17, 15) is 4.79 Å². The van der Waals surface area contributed by atoms with Crippen molar-refractivity contribution in [1.29, 1.82) is 0 Å². The molecule has 0 atom stereocenters. The van der Waals surface area contributed by atoms with E-state index in [0.29, 0.717) is 10.9 Å². The van der Waals surface area contributed by atoms with Crippen LogP contribution in [0.3, 0.4) is 0 Å². The highest BCUT2D eigenvalue weighted by atomic mass is 35.5.